The van der Waals surface area contributed by atoms with Crippen molar-refractivity contribution < 1.29 is 24.2 Å². The summed E-state index contributed by atoms with van der Waals surface area (Å²) in [5.74, 6) is -1.89. The van der Waals surface area contributed by atoms with Gasteiger partial charge in [-0.05, 0) is 29.8 Å². The third-order valence-corrected chi connectivity index (χ3v) is 4.66. The molecule has 0 saturated carbocycles. The van der Waals surface area contributed by atoms with Crippen LogP contribution in [0.1, 0.15) is 16.7 Å². The quantitative estimate of drug-likeness (QED) is 0.519. The van der Waals surface area contributed by atoms with Gasteiger partial charge in [0.05, 0.1) is 21.7 Å². The second-order valence-electron chi connectivity index (χ2n) is 6.14. The minimum absolute atomic E-state index is 0.0717. The fourth-order valence-corrected chi connectivity index (χ4v) is 3.34. The number of aliphatic carboxylic acids is 1. The van der Waals surface area contributed by atoms with Crippen molar-refractivity contribution in [2.45, 2.75) is 6.61 Å². The number of halogens is 2. The van der Waals surface area contributed by atoms with Crippen LogP contribution in [-0.4, -0.2) is 34.5 Å². The Balaban J connectivity index is 1.80. The maximum atomic E-state index is 12.2. The maximum Gasteiger partial charge on any atom is 0.329 e. The zero-order chi connectivity index (χ0) is 21.8. The first-order valence-corrected chi connectivity index (χ1v) is 9.22. The zero-order valence-corrected chi connectivity index (χ0v) is 16.7. The van der Waals surface area contributed by atoms with E-state index in [4.69, 9.17) is 38.3 Å². The lowest BCUT2D eigenvalue weighted by Crippen LogP contribution is -2.35. The molecule has 1 saturated heterocycles. The van der Waals surface area contributed by atoms with Crippen LogP contribution in [0.15, 0.2) is 42.1 Å². The van der Waals surface area contributed by atoms with Gasteiger partial charge in [-0.1, -0.05) is 41.4 Å². The van der Waals surface area contributed by atoms with Crippen molar-refractivity contribution in [1.82, 2.24) is 10.2 Å². The number of imide groups is 1. The highest BCUT2D eigenvalue weighted by Crippen LogP contribution is 2.35. The Bertz CT molecular complexity index is 1100. The minimum Gasteiger partial charge on any atom is -0.486 e. The smallest absolute Gasteiger partial charge is 0.329 e. The summed E-state index contributed by atoms with van der Waals surface area (Å²) < 4.78 is 5.67. The Labute approximate surface area is 180 Å². The number of ether oxygens (including phenoxy) is 1. The van der Waals surface area contributed by atoms with Crippen molar-refractivity contribution >= 4 is 47.2 Å². The number of carbonyl (C=O) groups excluding carboxylic acids is 2. The molecule has 8 nitrogen and oxygen atoms in total. The summed E-state index contributed by atoms with van der Waals surface area (Å²) in [5, 5.41) is 20.6. The monoisotopic (exact) mass is 445 g/mol. The summed E-state index contributed by atoms with van der Waals surface area (Å²) in [7, 11) is 0. The van der Waals surface area contributed by atoms with Crippen LogP contribution in [0, 0.1) is 11.3 Å². The molecule has 0 spiro atoms. The SMILES string of the molecule is N#Cc1ccccc1COc1c(Cl)cc(/C=C2/NC(=O)N(CC(=O)O)C2=O)cc1Cl. The molecular weight excluding hydrogens is 433 g/mol. The molecule has 0 bridgehead atoms. The highest BCUT2D eigenvalue weighted by Gasteiger charge is 2.34. The van der Waals surface area contributed by atoms with Crippen molar-refractivity contribution in [3.63, 3.8) is 0 Å². The summed E-state index contributed by atoms with van der Waals surface area (Å²) in [4.78, 5) is 35.3. The fourth-order valence-electron chi connectivity index (χ4n) is 2.72. The third kappa shape index (κ3) is 4.54. The van der Waals surface area contributed by atoms with E-state index in [0.29, 0.717) is 21.6 Å². The molecule has 1 aliphatic rings. The zero-order valence-electron chi connectivity index (χ0n) is 15.2. The van der Waals surface area contributed by atoms with Gasteiger partial charge >= 0.3 is 12.0 Å². The van der Waals surface area contributed by atoms with Crippen molar-refractivity contribution in [3.8, 4) is 11.8 Å². The Morgan fingerprint density at radius 1 is 1.23 bits per heavy atom. The van der Waals surface area contributed by atoms with Gasteiger partial charge in [-0.3, -0.25) is 9.59 Å². The predicted octanol–water partition coefficient (Wildman–Crippen LogP) is 3.42. The first kappa shape index (κ1) is 21.2. The predicted molar refractivity (Wildman–Crippen MR) is 108 cm³/mol. The largest absolute Gasteiger partial charge is 0.486 e. The summed E-state index contributed by atoms with van der Waals surface area (Å²) >= 11 is 12.5. The molecule has 1 fully saturated rings. The summed E-state index contributed by atoms with van der Waals surface area (Å²) in [6.45, 7) is -0.678. The van der Waals surface area contributed by atoms with Gasteiger partial charge in [-0.2, -0.15) is 5.26 Å². The number of nitriles is 1. The van der Waals surface area contributed by atoms with E-state index in [9.17, 15) is 14.4 Å². The number of benzene rings is 2. The molecule has 2 N–H and O–H groups in total. The van der Waals surface area contributed by atoms with Gasteiger partial charge in [0.15, 0.2) is 5.75 Å². The van der Waals surface area contributed by atoms with Crippen molar-refractivity contribution in [2.75, 3.05) is 6.54 Å². The lowest BCUT2D eigenvalue weighted by atomic mass is 10.1. The van der Waals surface area contributed by atoms with Crippen LogP contribution in [0.4, 0.5) is 4.79 Å². The number of urea groups is 1. The average Bonchev–Trinajstić information content (AvgIpc) is 2.94. The van der Waals surface area contributed by atoms with Crippen LogP contribution >= 0.6 is 23.2 Å². The lowest BCUT2D eigenvalue weighted by Gasteiger charge is -2.12. The molecule has 0 atom stereocenters. The van der Waals surface area contributed by atoms with Crippen LogP contribution < -0.4 is 10.1 Å². The van der Waals surface area contributed by atoms with E-state index in [1.54, 1.807) is 24.3 Å². The molecule has 0 aliphatic carbocycles. The van der Waals surface area contributed by atoms with E-state index in [0.717, 1.165) is 0 Å². The summed E-state index contributed by atoms with van der Waals surface area (Å²) in [6, 6.07) is 11.1. The molecule has 0 unspecified atom stereocenters. The van der Waals surface area contributed by atoms with Crippen LogP contribution in [-0.2, 0) is 16.2 Å². The first-order valence-electron chi connectivity index (χ1n) is 8.46. The Morgan fingerprint density at radius 3 is 2.53 bits per heavy atom. The number of carbonyl (C=O) groups is 3. The number of amides is 3. The van der Waals surface area contributed by atoms with Crippen LogP contribution in [0.3, 0.4) is 0 Å². The van der Waals surface area contributed by atoms with Gasteiger partial charge in [0, 0.05) is 5.56 Å². The van der Waals surface area contributed by atoms with E-state index < -0.39 is 24.5 Å². The molecular formula is C20H13Cl2N3O5. The van der Waals surface area contributed by atoms with Gasteiger partial charge in [0.1, 0.15) is 18.8 Å². The third-order valence-electron chi connectivity index (χ3n) is 4.10. The van der Waals surface area contributed by atoms with E-state index >= 15 is 0 Å². The molecule has 2 aromatic carbocycles. The highest BCUT2D eigenvalue weighted by molar-refractivity contribution is 6.37. The van der Waals surface area contributed by atoms with Gasteiger partial charge in [-0.15, -0.1) is 0 Å². The molecule has 3 rings (SSSR count). The molecule has 3 amide bonds. The second-order valence-corrected chi connectivity index (χ2v) is 6.96. The first-order chi connectivity index (χ1) is 14.3. The van der Waals surface area contributed by atoms with Gasteiger partial charge < -0.3 is 15.2 Å². The van der Waals surface area contributed by atoms with Crippen LogP contribution in [0.5, 0.6) is 5.75 Å². The normalized spacial score (nSPS) is 14.6. The van der Waals surface area contributed by atoms with Crippen molar-refractivity contribution in [2.24, 2.45) is 0 Å². The van der Waals surface area contributed by atoms with Gasteiger partial charge in [-0.25, -0.2) is 9.69 Å². The Kier molecular flexibility index (Phi) is 6.26. The molecule has 30 heavy (non-hydrogen) atoms. The van der Waals surface area contributed by atoms with Crippen LogP contribution in [0.2, 0.25) is 10.0 Å². The average molecular weight is 446 g/mol. The minimum atomic E-state index is -1.31. The van der Waals surface area contributed by atoms with Gasteiger partial charge in [0.2, 0.25) is 0 Å². The molecule has 10 heteroatoms. The Morgan fingerprint density at radius 2 is 1.90 bits per heavy atom. The number of nitrogens with one attached hydrogen (secondary N) is 1. The molecule has 1 heterocycles. The van der Waals surface area contributed by atoms with Gasteiger partial charge in [0.25, 0.3) is 5.91 Å². The number of rotatable bonds is 6. The molecule has 0 radical (unpaired) electrons. The van der Waals surface area contributed by atoms with E-state index in [1.165, 1.54) is 18.2 Å². The number of carboxylic acid groups (broad SMARTS) is 1. The van der Waals surface area contributed by atoms with E-state index in [1.807, 2.05) is 0 Å². The highest BCUT2D eigenvalue weighted by atomic mass is 35.5. The van der Waals surface area contributed by atoms with Crippen LogP contribution in [0.25, 0.3) is 6.08 Å². The maximum absolute atomic E-state index is 12.2. The molecule has 1 aliphatic heterocycles. The second kappa shape index (κ2) is 8.86. The summed E-state index contributed by atoms with van der Waals surface area (Å²) in [5.41, 5.74) is 1.42. The van der Waals surface area contributed by atoms with Crippen molar-refractivity contribution in [3.05, 3.63) is 68.8 Å². The molecule has 2 aromatic rings. The number of nitrogens with zero attached hydrogens (tertiary/aromatic N) is 2. The van der Waals surface area contributed by atoms with E-state index in [-0.39, 0.29) is 28.1 Å². The number of hydrogen-bond acceptors (Lipinski definition) is 5. The number of carboxylic acids is 1. The fraction of sp³-hybridized carbons (Fsp3) is 0.100. The standard InChI is InChI=1S/C20H13Cl2N3O5/c21-14-5-11(7-16-19(28)25(9-17(26)27)20(29)24-16)6-15(22)18(14)30-10-13-4-2-1-3-12(13)8-23/h1-7H,9-10H2,(H,24,29)(H,26,27)/b16-7+. The lowest BCUT2D eigenvalue weighted by molar-refractivity contribution is -0.140. The topological polar surface area (TPSA) is 120 Å². The molecule has 152 valence electrons. The number of hydrogen-bond donors (Lipinski definition) is 2. The summed E-state index contributed by atoms with van der Waals surface area (Å²) in [6.07, 6.45) is 1.33. The molecule has 0 aromatic heterocycles. The van der Waals surface area contributed by atoms with Crippen molar-refractivity contribution in [1.29, 1.82) is 5.26 Å². The Hall–Kier alpha value is -3.54. The van der Waals surface area contributed by atoms with E-state index in [2.05, 4.69) is 11.4 Å².